The second kappa shape index (κ2) is 45.4. The van der Waals surface area contributed by atoms with E-state index in [1.54, 1.807) is 6.08 Å². The standard InChI is InChI=1S/C53H107N2O6P/c1-6-8-10-12-14-16-18-19-20-21-22-23-24-25-26-27-28-29-30-31-32-33-34-35-37-39-41-43-45-47-53(57)54-51(50-61-62(58,59)60-49-48-55(3,4)5)52(56)46-44-42-40-38-36-17-15-13-11-9-7-2/h44,46,51-52,56H,6-43,45,47-50H2,1-5H3,(H-,54,57,58,59)/b46-44+. The van der Waals surface area contributed by atoms with Gasteiger partial charge in [0.1, 0.15) is 13.2 Å². The van der Waals surface area contributed by atoms with Gasteiger partial charge in [0, 0.05) is 6.42 Å². The quantitative estimate of drug-likeness (QED) is 0.0272. The molecule has 0 saturated carbocycles. The molecule has 8 nitrogen and oxygen atoms in total. The largest absolute Gasteiger partial charge is 0.756 e. The smallest absolute Gasteiger partial charge is 0.268 e. The van der Waals surface area contributed by atoms with Crippen LogP contribution >= 0.6 is 7.82 Å². The number of carbonyl (C=O) groups is 1. The van der Waals surface area contributed by atoms with E-state index in [2.05, 4.69) is 19.2 Å². The van der Waals surface area contributed by atoms with Gasteiger partial charge in [-0.2, -0.15) is 0 Å². The first-order valence-corrected chi connectivity index (χ1v) is 28.5. The molecular formula is C53H107N2O6P. The number of hydrogen-bond donors (Lipinski definition) is 2. The van der Waals surface area contributed by atoms with Gasteiger partial charge in [0.25, 0.3) is 7.82 Å². The molecule has 62 heavy (non-hydrogen) atoms. The number of amides is 1. The van der Waals surface area contributed by atoms with Gasteiger partial charge in [-0.05, 0) is 19.3 Å². The van der Waals surface area contributed by atoms with Crippen molar-refractivity contribution in [3.63, 3.8) is 0 Å². The van der Waals surface area contributed by atoms with Crippen LogP contribution in [0.25, 0.3) is 0 Å². The molecule has 0 bridgehead atoms. The number of nitrogens with zero attached hydrogens (tertiary/aromatic N) is 1. The van der Waals surface area contributed by atoms with Crippen LogP contribution in [-0.2, 0) is 18.4 Å². The summed E-state index contributed by atoms with van der Waals surface area (Å²) in [6.07, 6.45) is 54.4. The highest BCUT2D eigenvalue weighted by molar-refractivity contribution is 7.45. The first-order valence-electron chi connectivity index (χ1n) is 27.1. The maximum Gasteiger partial charge on any atom is 0.268 e. The van der Waals surface area contributed by atoms with Crippen molar-refractivity contribution in [2.75, 3.05) is 40.9 Å². The number of rotatable bonds is 50. The lowest BCUT2D eigenvalue weighted by Gasteiger charge is -2.29. The number of hydrogen-bond acceptors (Lipinski definition) is 6. The highest BCUT2D eigenvalue weighted by Crippen LogP contribution is 2.38. The molecule has 9 heteroatoms. The molecule has 1 amide bonds. The number of phosphoric acid groups is 1. The average molecular weight is 899 g/mol. The molecular weight excluding hydrogens is 792 g/mol. The molecule has 0 fully saturated rings. The Kier molecular flexibility index (Phi) is 44.8. The summed E-state index contributed by atoms with van der Waals surface area (Å²) in [4.78, 5) is 25.4. The van der Waals surface area contributed by atoms with Gasteiger partial charge in [-0.1, -0.05) is 257 Å². The molecule has 0 aromatic carbocycles. The second-order valence-electron chi connectivity index (χ2n) is 19.9. The molecule has 0 rings (SSSR count). The minimum Gasteiger partial charge on any atom is -0.756 e. The summed E-state index contributed by atoms with van der Waals surface area (Å²) in [6, 6.07) is -0.880. The lowest BCUT2D eigenvalue weighted by atomic mass is 10.0. The fourth-order valence-corrected chi connectivity index (χ4v) is 8.94. The van der Waals surface area contributed by atoms with Gasteiger partial charge in [-0.15, -0.1) is 0 Å². The van der Waals surface area contributed by atoms with E-state index in [0.29, 0.717) is 17.4 Å². The molecule has 3 atom stereocenters. The minimum absolute atomic E-state index is 0.00215. The SMILES string of the molecule is CCCCCCCCCCC/C=C/C(O)C(COP(=O)([O-])OCC[N+](C)(C)C)NC(=O)CCCCCCCCCCCCCCCCCCCCCCCCCCCCCCC. The van der Waals surface area contributed by atoms with Crippen LogP contribution in [-0.4, -0.2) is 68.5 Å². The number of carbonyl (C=O) groups excluding carboxylic acids is 1. The summed E-state index contributed by atoms with van der Waals surface area (Å²) in [5.74, 6) is -0.193. The molecule has 0 radical (unpaired) electrons. The summed E-state index contributed by atoms with van der Waals surface area (Å²) in [5.41, 5.74) is 0. The van der Waals surface area contributed by atoms with E-state index in [1.165, 1.54) is 212 Å². The monoisotopic (exact) mass is 899 g/mol. The topological polar surface area (TPSA) is 108 Å². The Bertz CT molecular complexity index is 1020. The van der Waals surface area contributed by atoms with Gasteiger partial charge in [0.2, 0.25) is 5.91 Å². The molecule has 370 valence electrons. The third-order valence-corrected chi connectivity index (χ3v) is 13.5. The summed E-state index contributed by atoms with van der Waals surface area (Å²) in [5, 5.41) is 13.8. The number of aliphatic hydroxyl groups excluding tert-OH is 1. The lowest BCUT2D eigenvalue weighted by molar-refractivity contribution is -0.870. The average Bonchev–Trinajstić information content (AvgIpc) is 3.23. The summed E-state index contributed by atoms with van der Waals surface area (Å²) >= 11 is 0. The normalized spacial score (nSPS) is 14.1. The fourth-order valence-electron chi connectivity index (χ4n) is 8.21. The van der Waals surface area contributed by atoms with Crippen molar-refractivity contribution in [3.05, 3.63) is 12.2 Å². The Morgan fingerprint density at radius 1 is 0.548 bits per heavy atom. The summed E-state index contributed by atoms with van der Waals surface area (Å²) in [7, 11) is 1.27. The molecule has 0 saturated heterocycles. The number of nitrogens with one attached hydrogen (secondary N) is 1. The van der Waals surface area contributed by atoms with Crippen molar-refractivity contribution in [1.29, 1.82) is 0 Å². The Hall–Kier alpha value is -0.760. The van der Waals surface area contributed by atoms with Gasteiger partial charge in [0.05, 0.1) is 39.9 Å². The number of quaternary nitrogens is 1. The Morgan fingerprint density at radius 3 is 1.21 bits per heavy atom. The van der Waals surface area contributed by atoms with Crippen LogP contribution in [0.3, 0.4) is 0 Å². The molecule has 0 aromatic rings. The van der Waals surface area contributed by atoms with E-state index in [0.717, 1.165) is 38.5 Å². The molecule has 0 heterocycles. The van der Waals surface area contributed by atoms with Crippen molar-refractivity contribution >= 4 is 13.7 Å². The van der Waals surface area contributed by atoms with Crippen molar-refractivity contribution in [3.8, 4) is 0 Å². The van der Waals surface area contributed by atoms with Gasteiger partial charge in [-0.3, -0.25) is 9.36 Å². The zero-order valence-corrected chi connectivity index (χ0v) is 43.0. The molecule has 0 aliphatic carbocycles. The highest BCUT2D eigenvalue weighted by atomic mass is 31.2. The van der Waals surface area contributed by atoms with Crippen LogP contribution in [0.15, 0.2) is 12.2 Å². The van der Waals surface area contributed by atoms with Crippen LogP contribution in [0, 0.1) is 0 Å². The Labute approximate surface area is 386 Å². The number of allylic oxidation sites excluding steroid dienone is 1. The van der Waals surface area contributed by atoms with Crippen LogP contribution in [0.4, 0.5) is 0 Å². The number of aliphatic hydroxyl groups is 1. The molecule has 0 aliphatic heterocycles. The van der Waals surface area contributed by atoms with E-state index >= 15 is 0 Å². The Balaban J connectivity index is 4.00. The van der Waals surface area contributed by atoms with Crippen LogP contribution in [0.2, 0.25) is 0 Å². The van der Waals surface area contributed by atoms with E-state index < -0.39 is 20.0 Å². The van der Waals surface area contributed by atoms with E-state index in [-0.39, 0.29) is 19.1 Å². The predicted molar refractivity (Wildman–Crippen MR) is 266 cm³/mol. The summed E-state index contributed by atoms with van der Waals surface area (Å²) < 4.78 is 23.2. The fraction of sp³-hybridized carbons (Fsp3) is 0.943. The molecule has 0 spiro atoms. The number of unbranched alkanes of at least 4 members (excludes halogenated alkanes) is 37. The Morgan fingerprint density at radius 2 is 0.871 bits per heavy atom. The van der Waals surface area contributed by atoms with Crippen molar-refractivity contribution in [1.82, 2.24) is 5.32 Å². The second-order valence-corrected chi connectivity index (χ2v) is 21.4. The van der Waals surface area contributed by atoms with E-state index in [4.69, 9.17) is 9.05 Å². The maximum absolute atomic E-state index is 12.9. The van der Waals surface area contributed by atoms with Crippen LogP contribution in [0.1, 0.15) is 271 Å². The maximum atomic E-state index is 12.9. The van der Waals surface area contributed by atoms with Crippen molar-refractivity contribution in [2.45, 2.75) is 283 Å². The van der Waals surface area contributed by atoms with E-state index in [9.17, 15) is 19.4 Å². The van der Waals surface area contributed by atoms with Crippen LogP contribution in [0.5, 0.6) is 0 Å². The number of likely N-dealkylation sites (N-methyl/N-ethyl adjacent to an activating group) is 1. The van der Waals surface area contributed by atoms with Gasteiger partial charge >= 0.3 is 0 Å². The highest BCUT2D eigenvalue weighted by Gasteiger charge is 2.23. The third-order valence-electron chi connectivity index (χ3n) is 12.5. The van der Waals surface area contributed by atoms with E-state index in [1.807, 2.05) is 27.2 Å². The van der Waals surface area contributed by atoms with Gasteiger partial charge in [0.15, 0.2) is 0 Å². The van der Waals surface area contributed by atoms with Gasteiger partial charge < -0.3 is 28.8 Å². The molecule has 3 unspecified atom stereocenters. The zero-order valence-electron chi connectivity index (χ0n) is 42.1. The zero-order chi connectivity index (χ0) is 45.7. The predicted octanol–water partition coefficient (Wildman–Crippen LogP) is 15.2. The minimum atomic E-state index is -4.58. The van der Waals surface area contributed by atoms with Crippen molar-refractivity contribution in [2.24, 2.45) is 0 Å². The molecule has 0 aliphatic rings. The third kappa shape index (κ3) is 47.2. The molecule has 2 N–H and O–H groups in total. The van der Waals surface area contributed by atoms with Crippen molar-refractivity contribution < 1.29 is 32.9 Å². The number of phosphoric ester groups is 1. The molecule has 0 aromatic heterocycles. The van der Waals surface area contributed by atoms with Gasteiger partial charge in [-0.25, -0.2) is 0 Å². The first-order chi connectivity index (χ1) is 30.0. The lowest BCUT2D eigenvalue weighted by Crippen LogP contribution is -2.45. The van der Waals surface area contributed by atoms with Crippen LogP contribution < -0.4 is 10.2 Å². The first kappa shape index (κ1) is 61.2. The summed E-state index contributed by atoms with van der Waals surface area (Å²) in [6.45, 7) is 4.66.